The van der Waals surface area contributed by atoms with Gasteiger partial charge in [-0.1, -0.05) is 27.5 Å². The number of nitrogens with zero attached hydrogens (tertiary/aromatic N) is 2. The molecule has 0 fully saturated rings. The predicted molar refractivity (Wildman–Crippen MR) is 65.5 cm³/mol. The van der Waals surface area contributed by atoms with Crippen LogP contribution in [0.5, 0.6) is 5.75 Å². The summed E-state index contributed by atoms with van der Waals surface area (Å²) in [5, 5.41) is 0.308. The normalized spacial score (nSPS) is 10.3. The first kappa shape index (κ1) is 12.3. The molecule has 17 heavy (non-hydrogen) atoms. The number of hydrogen-bond acceptors (Lipinski definition) is 3. The highest BCUT2D eigenvalue weighted by molar-refractivity contribution is 9.10. The summed E-state index contributed by atoms with van der Waals surface area (Å²) in [6, 6.07) is 4.48. The van der Waals surface area contributed by atoms with Crippen molar-refractivity contribution in [1.82, 2.24) is 9.97 Å². The number of aromatic nitrogens is 2. The van der Waals surface area contributed by atoms with Gasteiger partial charge in [-0.15, -0.1) is 0 Å². The molecule has 0 unspecified atom stereocenters. The molecule has 2 aromatic rings. The molecule has 1 heterocycles. The van der Waals surface area contributed by atoms with Crippen molar-refractivity contribution < 1.29 is 9.13 Å². The number of halogens is 3. The third-order valence-corrected chi connectivity index (χ3v) is 2.63. The molecular weight excluding hydrogens is 310 g/mol. The third-order valence-electron chi connectivity index (χ3n) is 1.94. The Morgan fingerprint density at radius 2 is 2.12 bits per heavy atom. The minimum Gasteiger partial charge on any atom is -0.484 e. The fourth-order valence-corrected chi connectivity index (χ4v) is 1.59. The molecule has 0 spiro atoms. The number of hydrogen-bond donors (Lipinski definition) is 0. The molecule has 2 rings (SSSR count). The van der Waals surface area contributed by atoms with E-state index in [2.05, 4.69) is 25.9 Å². The quantitative estimate of drug-likeness (QED) is 0.867. The van der Waals surface area contributed by atoms with Crippen LogP contribution in [0.3, 0.4) is 0 Å². The molecule has 6 heteroatoms. The Hall–Kier alpha value is -1.20. The zero-order valence-electron chi connectivity index (χ0n) is 8.53. The molecule has 0 aliphatic rings. The molecule has 88 valence electrons. The van der Waals surface area contributed by atoms with Gasteiger partial charge in [-0.2, -0.15) is 0 Å². The molecule has 0 saturated carbocycles. The van der Waals surface area contributed by atoms with Crippen LogP contribution >= 0.6 is 27.5 Å². The predicted octanol–water partition coefficient (Wildman–Crippen LogP) is 3.61. The first-order valence-electron chi connectivity index (χ1n) is 4.69. The topological polar surface area (TPSA) is 35.0 Å². The van der Waals surface area contributed by atoms with E-state index in [0.717, 1.165) is 4.47 Å². The summed E-state index contributed by atoms with van der Waals surface area (Å²) in [6.07, 6.45) is 2.90. The van der Waals surface area contributed by atoms with Crippen molar-refractivity contribution in [3.63, 3.8) is 0 Å². The molecule has 0 atom stereocenters. The van der Waals surface area contributed by atoms with Crippen molar-refractivity contribution in [1.29, 1.82) is 0 Å². The number of ether oxygens (including phenoxy) is 1. The second kappa shape index (κ2) is 5.42. The minimum atomic E-state index is -0.421. The summed E-state index contributed by atoms with van der Waals surface area (Å²) in [5.41, 5.74) is 0.578. The first-order valence-corrected chi connectivity index (χ1v) is 5.86. The number of rotatable bonds is 3. The highest BCUT2D eigenvalue weighted by Crippen LogP contribution is 2.22. The summed E-state index contributed by atoms with van der Waals surface area (Å²) in [4.78, 5) is 7.84. The third kappa shape index (κ3) is 3.38. The van der Waals surface area contributed by atoms with Crippen LogP contribution in [0.25, 0.3) is 0 Å². The van der Waals surface area contributed by atoms with Gasteiger partial charge in [-0.05, 0) is 18.2 Å². The Morgan fingerprint density at radius 3 is 2.82 bits per heavy atom. The van der Waals surface area contributed by atoms with E-state index in [0.29, 0.717) is 10.8 Å². The Labute approximate surface area is 111 Å². The standard InChI is InChI=1S/C11H7BrClFN2O/c12-7-1-2-9(14)10(3-7)17-6-8-4-16-11(13)5-15-8/h1-5H,6H2. The first-order chi connectivity index (χ1) is 8.15. The molecule has 3 nitrogen and oxygen atoms in total. The van der Waals surface area contributed by atoms with E-state index >= 15 is 0 Å². The monoisotopic (exact) mass is 316 g/mol. The van der Waals surface area contributed by atoms with Gasteiger partial charge in [0.05, 0.1) is 18.1 Å². The molecule has 1 aromatic heterocycles. The van der Waals surface area contributed by atoms with Crippen LogP contribution in [0.2, 0.25) is 5.15 Å². The SMILES string of the molecule is Fc1ccc(Br)cc1OCc1cnc(Cl)cn1. The fourth-order valence-electron chi connectivity index (χ4n) is 1.15. The summed E-state index contributed by atoms with van der Waals surface area (Å²) >= 11 is 8.83. The van der Waals surface area contributed by atoms with Gasteiger partial charge in [0.25, 0.3) is 0 Å². The molecule has 0 saturated heterocycles. The van der Waals surface area contributed by atoms with Crippen LogP contribution < -0.4 is 4.74 Å². The van der Waals surface area contributed by atoms with Crippen molar-refractivity contribution in [3.05, 3.63) is 51.7 Å². The van der Waals surface area contributed by atoms with E-state index in [1.54, 1.807) is 12.1 Å². The second-order valence-electron chi connectivity index (χ2n) is 3.19. The maximum absolute atomic E-state index is 13.3. The zero-order chi connectivity index (χ0) is 12.3. The van der Waals surface area contributed by atoms with Gasteiger partial charge in [0.15, 0.2) is 11.6 Å². The summed E-state index contributed by atoms with van der Waals surface area (Å²) in [5.74, 6) is -0.258. The van der Waals surface area contributed by atoms with Crippen molar-refractivity contribution in [2.24, 2.45) is 0 Å². The molecule has 0 radical (unpaired) electrons. The molecule has 1 aromatic carbocycles. The Balaban J connectivity index is 2.07. The van der Waals surface area contributed by atoms with Crippen molar-refractivity contribution in [2.75, 3.05) is 0 Å². The molecule has 0 aliphatic heterocycles. The van der Waals surface area contributed by atoms with Gasteiger partial charge in [0.1, 0.15) is 11.8 Å². The maximum Gasteiger partial charge on any atom is 0.165 e. The Kier molecular flexibility index (Phi) is 3.91. The Morgan fingerprint density at radius 1 is 1.29 bits per heavy atom. The van der Waals surface area contributed by atoms with Crippen LogP contribution in [-0.4, -0.2) is 9.97 Å². The molecule has 0 amide bonds. The lowest BCUT2D eigenvalue weighted by Gasteiger charge is -2.06. The van der Waals surface area contributed by atoms with E-state index in [-0.39, 0.29) is 12.4 Å². The van der Waals surface area contributed by atoms with E-state index in [1.807, 2.05) is 0 Å². The van der Waals surface area contributed by atoms with Crippen molar-refractivity contribution in [3.8, 4) is 5.75 Å². The average Bonchev–Trinajstić information content (AvgIpc) is 2.32. The lowest BCUT2D eigenvalue weighted by atomic mass is 10.3. The summed E-state index contributed by atoms with van der Waals surface area (Å²) in [6.45, 7) is 0.136. The molecule has 0 bridgehead atoms. The lowest BCUT2D eigenvalue weighted by Crippen LogP contribution is -2.00. The number of benzene rings is 1. The smallest absolute Gasteiger partial charge is 0.165 e. The largest absolute Gasteiger partial charge is 0.484 e. The second-order valence-corrected chi connectivity index (χ2v) is 4.50. The molecular formula is C11H7BrClFN2O. The maximum atomic E-state index is 13.3. The Bertz CT molecular complexity index is 521. The van der Waals surface area contributed by atoms with Crippen LogP contribution in [0.15, 0.2) is 35.1 Å². The van der Waals surface area contributed by atoms with E-state index in [4.69, 9.17) is 16.3 Å². The lowest BCUT2D eigenvalue weighted by molar-refractivity contribution is 0.285. The zero-order valence-corrected chi connectivity index (χ0v) is 10.9. The van der Waals surface area contributed by atoms with Crippen LogP contribution in [-0.2, 0) is 6.61 Å². The van der Waals surface area contributed by atoms with Gasteiger partial charge >= 0.3 is 0 Å². The van der Waals surface area contributed by atoms with Crippen LogP contribution in [0, 0.1) is 5.82 Å². The van der Waals surface area contributed by atoms with Crippen molar-refractivity contribution >= 4 is 27.5 Å². The molecule has 0 aliphatic carbocycles. The molecule has 0 N–H and O–H groups in total. The summed E-state index contributed by atoms with van der Waals surface area (Å²) in [7, 11) is 0. The van der Waals surface area contributed by atoms with Gasteiger partial charge < -0.3 is 4.74 Å². The van der Waals surface area contributed by atoms with Gasteiger partial charge in [0, 0.05) is 4.47 Å². The van der Waals surface area contributed by atoms with Gasteiger partial charge in [-0.3, -0.25) is 4.98 Å². The van der Waals surface area contributed by atoms with E-state index < -0.39 is 5.82 Å². The van der Waals surface area contributed by atoms with E-state index in [9.17, 15) is 4.39 Å². The summed E-state index contributed by atoms with van der Waals surface area (Å²) < 4.78 is 19.4. The van der Waals surface area contributed by atoms with Crippen LogP contribution in [0.1, 0.15) is 5.69 Å². The highest BCUT2D eigenvalue weighted by atomic mass is 79.9. The van der Waals surface area contributed by atoms with Crippen LogP contribution in [0.4, 0.5) is 4.39 Å². The van der Waals surface area contributed by atoms with Gasteiger partial charge in [-0.25, -0.2) is 9.37 Å². The average molecular weight is 318 g/mol. The minimum absolute atomic E-state index is 0.136. The fraction of sp³-hybridized carbons (Fsp3) is 0.0909. The van der Waals surface area contributed by atoms with Gasteiger partial charge in [0.2, 0.25) is 0 Å². The van der Waals surface area contributed by atoms with E-state index in [1.165, 1.54) is 18.5 Å². The van der Waals surface area contributed by atoms with Crippen molar-refractivity contribution in [2.45, 2.75) is 6.61 Å². The highest BCUT2D eigenvalue weighted by Gasteiger charge is 2.05.